The number of rotatable bonds is 5. The fraction of sp³-hybridized carbons (Fsp3) is 0.300. The normalized spacial score (nSPS) is 22.9. The summed E-state index contributed by atoms with van der Waals surface area (Å²) >= 11 is 0. The third kappa shape index (κ3) is 2.86. The van der Waals surface area contributed by atoms with Gasteiger partial charge < -0.3 is 13.9 Å². The van der Waals surface area contributed by atoms with Gasteiger partial charge in [0.1, 0.15) is 11.2 Å². The quantitative estimate of drug-likeness (QED) is 0.780. The average molecular weight is 340 g/mol. The second-order valence-corrected chi connectivity index (χ2v) is 5.76. The lowest BCUT2D eigenvalue weighted by molar-refractivity contribution is -0.167. The number of hydrogen-bond acceptors (Lipinski definition) is 5. The van der Waals surface area contributed by atoms with Gasteiger partial charge in [0.05, 0.1) is 12.9 Å². The highest BCUT2D eigenvalue weighted by atomic mass is 16.6. The van der Waals surface area contributed by atoms with Crippen molar-refractivity contribution in [1.29, 1.82) is 0 Å². The summed E-state index contributed by atoms with van der Waals surface area (Å²) in [6, 6.07) is 12.9. The molecule has 0 fully saturated rings. The summed E-state index contributed by atoms with van der Waals surface area (Å²) in [6.07, 6.45) is 2.57. The van der Waals surface area contributed by atoms with Gasteiger partial charge in [-0.2, -0.15) is 0 Å². The molecule has 0 N–H and O–H groups in total. The van der Waals surface area contributed by atoms with E-state index in [0.29, 0.717) is 17.8 Å². The van der Waals surface area contributed by atoms with E-state index in [9.17, 15) is 9.59 Å². The third-order valence-corrected chi connectivity index (χ3v) is 4.46. The monoisotopic (exact) mass is 340 g/mol. The van der Waals surface area contributed by atoms with Crippen LogP contribution >= 0.6 is 0 Å². The lowest BCUT2D eigenvalue weighted by Gasteiger charge is -2.37. The van der Waals surface area contributed by atoms with Crippen LogP contribution in [-0.2, 0) is 24.5 Å². The van der Waals surface area contributed by atoms with Gasteiger partial charge >= 0.3 is 11.9 Å². The molecule has 2 aromatic rings. The molecule has 0 saturated heterocycles. The van der Waals surface area contributed by atoms with Crippen molar-refractivity contribution < 1.29 is 23.5 Å². The topological polar surface area (TPSA) is 65.7 Å². The molecular formula is C20H20O5. The Labute approximate surface area is 146 Å². The van der Waals surface area contributed by atoms with Crippen LogP contribution in [0.4, 0.5) is 0 Å². The summed E-state index contributed by atoms with van der Waals surface area (Å²) in [5.41, 5.74) is 0.398. The van der Waals surface area contributed by atoms with E-state index in [0.717, 1.165) is 5.56 Å². The molecule has 2 heterocycles. The van der Waals surface area contributed by atoms with E-state index in [4.69, 9.17) is 13.9 Å². The number of carbonyl (C=O) groups is 2. The lowest BCUT2D eigenvalue weighted by atomic mass is 9.69. The summed E-state index contributed by atoms with van der Waals surface area (Å²) in [7, 11) is 0. The fourth-order valence-electron chi connectivity index (χ4n) is 3.25. The minimum Gasteiger partial charge on any atom is -0.465 e. The van der Waals surface area contributed by atoms with Crippen LogP contribution < -0.4 is 0 Å². The van der Waals surface area contributed by atoms with Crippen molar-refractivity contribution in [1.82, 2.24) is 0 Å². The van der Waals surface area contributed by atoms with Crippen molar-refractivity contribution in [3.63, 3.8) is 0 Å². The molecule has 0 spiro atoms. The smallest absolute Gasteiger partial charge is 0.351 e. The Hall–Kier alpha value is -2.82. The van der Waals surface area contributed by atoms with Crippen molar-refractivity contribution >= 4 is 17.5 Å². The number of furan rings is 1. The molecule has 25 heavy (non-hydrogen) atoms. The summed E-state index contributed by atoms with van der Waals surface area (Å²) in [4.78, 5) is 25.2. The average Bonchev–Trinajstić information content (AvgIpc) is 3.16. The molecule has 0 bridgehead atoms. The summed E-state index contributed by atoms with van der Waals surface area (Å²) in [6.45, 7) is 3.84. The molecule has 3 rings (SSSR count). The van der Waals surface area contributed by atoms with E-state index < -0.39 is 23.5 Å². The van der Waals surface area contributed by atoms with Crippen LogP contribution in [0.3, 0.4) is 0 Å². The van der Waals surface area contributed by atoms with Crippen LogP contribution in [0.15, 0.2) is 59.2 Å². The Balaban J connectivity index is 2.18. The highest BCUT2D eigenvalue weighted by molar-refractivity contribution is 6.03. The second kappa shape index (κ2) is 6.97. The standard InChI is InChI=1S/C20H20O5/c1-3-20(14-9-6-5-7-10-14)15(16-11-8-12-24-16)13-17(25-19(20)22)18(21)23-4-2/h5-13,17H,3-4H2,1-2H3/t17-,20-/m0/s1. The molecule has 0 radical (unpaired) electrons. The highest BCUT2D eigenvalue weighted by Crippen LogP contribution is 2.45. The maximum atomic E-state index is 13.1. The largest absolute Gasteiger partial charge is 0.465 e. The van der Waals surface area contributed by atoms with Gasteiger partial charge in [0, 0.05) is 5.57 Å². The van der Waals surface area contributed by atoms with Crippen LogP contribution in [0, 0.1) is 0 Å². The van der Waals surface area contributed by atoms with Crippen LogP contribution in [0.1, 0.15) is 31.6 Å². The minimum atomic E-state index is -1.07. The predicted molar refractivity (Wildman–Crippen MR) is 91.6 cm³/mol. The molecule has 0 saturated carbocycles. The van der Waals surface area contributed by atoms with E-state index in [1.807, 2.05) is 37.3 Å². The first kappa shape index (κ1) is 17.0. The first-order valence-corrected chi connectivity index (χ1v) is 8.33. The molecule has 1 aromatic heterocycles. The van der Waals surface area contributed by atoms with Gasteiger partial charge in [-0.3, -0.25) is 4.79 Å². The highest BCUT2D eigenvalue weighted by Gasteiger charge is 2.50. The molecule has 5 nitrogen and oxygen atoms in total. The Bertz CT molecular complexity index is 776. The fourth-order valence-corrected chi connectivity index (χ4v) is 3.25. The van der Waals surface area contributed by atoms with E-state index >= 15 is 0 Å². The first-order valence-electron chi connectivity index (χ1n) is 8.33. The third-order valence-electron chi connectivity index (χ3n) is 4.46. The van der Waals surface area contributed by atoms with Crippen molar-refractivity contribution in [2.75, 3.05) is 6.61 Å². The van der Waals surface area contributed by atoms with Crippen molar-refractivity contribution in [2.45, 2.75) is 31.8 Å². The number of hydrogen-bond donors (Lipinski definition) is 0. The SMILES string of the molecule is CCOC(=O)[C@@H]1C=C(c2ccco2)[C@](CC)(c2ccccc2)C(=O)O1. The van der Waals surface area contributed by atoms with Crippen LogP contribution in [0.5, 0.6) is 0 Å². The van der Waals surface area contributed by atoms with E-state index in [1.54, 1.807) is 31.4 Å². The zero-order valence-electron chi connectivity index (χ0n) is 14.2. The number of cyclic esters (lactones) is 1. The van der Waals surface area contributed by atoms with E-state index in [1.165, 1.54) is 0 Å². The second-order valence-electron chi connectivity index (χ2n) is 5.76. The van der Waals surface area contributed by atoms with Crippen molar-refractivity contribution in [2.24, 2.45) is 0 Å². The van der Waals surface area contributed by atoms with E-state index in [-0.39, 0.29) is 6.61 Å². The Morgan fingerprint density at radius 1 is 1.16 bits per heavy atom. The maximum absolute atomic E-state index is 13.1. The number of esters is 2. The van der Waals surface area contributed by atoms with Gasteiger partial charge in [0.2, 0.25) is 6.10 Å². The molecule has 0 unspecified atom stereocenters. The van der Waals surface area contributed by atoms with Gasteiger partial charge in [-0.15, -0.1) is 0 Å². The summed E-state index contributed by atoms with van der Waals surface area (Å²) in [5, 5.41) is 0. The van der Waals surface area contributed by atoms with Crippen LogP contribution in [-0.4, -0.2) is 24.6 Å². The lowest BCUT2D eigenvalue weighted by Crippen LogP contribution is -2.46. The van der Waals surface area contributed by atoms with Gasteiger partial charge in [-0.05, 0) is 37.1 Å². The summed E-state index contributed by atoms with van der Waals surface area (Å²) in [5.74, 6) is -0.525. The maximum Gasteiger partial charge on any atom is 0.351 e. The molecule has 5 heteroatoms. The number of benzene rings is 1. The van der Waals surface area contributed by atoms with Gasteiger partial charge in [0.15, 0.2) is 0 Å². The summed E-state index contributed by atoms with van der Waals surface area (Å²) < 4.78 is 16.0. The van der Waals surface area contributed by atoms with Crippen molar-refractivity contribution in [3.05, 3.63) is 66.1 Å². The number of ether oxygens (including phenoxy) is 2. The van der Waals surface area contributed by atoms with Gasteiger partial charge in [-0.1, -0.05) is 37.3 Å². The predicted octanol–water partition coefficient (Wildman–Crippen LogP) is 3.50. The Morgan fingerprint density at radius 2 is 1.92 bits per heavy atom. The zero-order valence-corrected chi connectivity index (χ0v) is 14.2. The van der Waals surface area contributed by atoms with Crippen LogP contribution in [0.2, 0.25) is 0 Å². The molecule has 1 aromatic carbocycles. The molecular weight excluding hydrogens is 320 g/mol. The minimum absolute atomic E-state index is 0.217. The van der Waals surface area contributed by atoms with Crippen molar-refractivity contribution in [3.8, 4) is 0 Å². The molecule has 0 aliphatic carbocycles. The van der Waals surface area contributed by atoms with Gasteiger partial charge in [-0.25, -0.2) is 4.79 Å². The van der Waals surface area contributed by atoms with Crippen LogP contribution in [0.25, 0.3) is 5.57 Å². The molecule has 0 amide bonds. The molecule has 130 valence electrons. The molecule has 2 atom stereocenters. The zero-order chi connectivity index (χ0) is 17.9. The van der Waals surface area contributed by atoms with E-state index in [2.05, 4.69) is 0 Å². The number of carbonyl (C=O) groups excluding carboxylic acids is 2. The Kier molecular flexibility index (Phi) is 4.74. The first-order chi connectivity index (χ1) is 12.1. The van der Waals surface area contributed by atoms with Gasteiger partial charge in [0.25, 0.3) is 0 Å². The Morgan fingerprint density at radius 3 is 2.52 bits per heavy atom. The molecule has 1 aliphatic rings. The molecule has 1 aliphatic heterocycles.